The number of rotatable bonds is 3. The molecule has 1 amide bonds. The van der Waals surface area contributed by atoms with E-state index in [-0.39, 0.29) is 11.8 Å². The van der Waals surface area contributed by atoms with E-state index in [0.717, 1.165) is 10.2 Å². The Bertz CT molecular complexity index is 393. The minimum absolute atomic E-state index is 0.115. The van der Waals surface area contributed by atoms with Crippen LogP contribution >= 0.6 is 15.9 Å². The number of nitrogens with one attached hydrogen (secondary N) is 1. The van der Waals surface area contributed by atoms with Gasteiger partial charge in [0.15, 0.2) is 0 Å². The van der Waals surface area contributed by atoms with Gasteiger partial charge in [-0.15, -0.1) is 0 Å². The highest BCUT2D eigenvalue weighted by atomic mass is 79.9. The fraction of sp³-hybridized carbons (Fsp3) is 0.455. The lowest BCUT2D eigenvalue weighted by Gasteiger charge is -2.15. The molecule has 0 fully saturated rings. The third-order valence-electron chi connectivity index (χ3n) is 2.30. The Kier molecular flexibility index (Phi) is 4.44. The van der Waals surface area contributed by atoms with Gasteiger partial charge in [0, 0.05) is 0 Å². The largest absolute Gasteiger partial charge is 0.323 e. The number of anilines is 1. The highest BCUT2D eigenvalue weighted by Crippen LogP contribution is 2.17. The average molecular weight is 286 g/mol. The standard InChI is InChI=1S/C11H16BrN3O/c1-6(2)9(13)11(16)15-8-4-7(3)10(12)14-5-8/h4-6,9H,13H2,1-3H3,(H,15,16)/t9-/m1/s1. The van der Waals surface area contributed by atoms with E-state index in [9.17, 15) is 4.79 Å². The predicted molar refractivity (Wildman–Crippen MR) is 68.1 cm³/mol. The van der Waals surface area contributed by atoms with Crippen molar-refractivity contribution in [2.45, 2.75) is 26.8 Å². The van der Waals surface area contributed by atoms with Crippen LogP contribution < -0.4 is 11.1 Å². The molecule has 0 radical (unpaired) electrons. The summed E-state index contributed by atoms with van der Waals surface area (Å²) in [7, 11) is 0. The smallest absolute Gasteiger partial charge is 0.241 e. The second kappa shape index (κ2) is 5.41. The molecule has 0 aliphatic rings. The Labute approximate surface area is 104 Å². The van der Waals surface area contributed by atoms with Crippen LogP contribution in [0.4, 0.5) is 5.69 Å². The predicted octanol–water partition coefficient (Wildman–Crippen LogP) is 2.07. The van der Waals surface area contributed by atoms with Gasteiger partial charge in [-0.1, -0.05) is 13.8 Å². The first-order chi connectivity index (χ1) is 7.41. The van der Waals surface area contributed by atoms with E-state index in [2.05, 4.69) is 26.2 Å². The third-order valence-corrected chi connectivity index (χ3v) is 3.13. The van der Waals surface area contributed by atoms with Crippen molar-refractivity contribution in [1.82, 2.24) is 4.98 Å². The molecule has 1 rings (SSSR count). The van der Waals surface area contributed by atoms with Crippen LogP contribution in [0.5, 0.6) is 0 Å². The van der Waals surface area contributed by atoms with Gasteiger partial charge in [0.2, 0.25) is 5.91 Å². The zero-order valence-corrected chi connectivity index (χ0v) is 11.2. The first-order valence-corrected chi connectivity index (χ1v) is 5.89. The number of carbonyl (C=O) groups excluding carboxylic acids is 1. The molecule has 0 aliphatic heterocycles. The van der Waals surface area contributed by atoms with Crippen LogP contribution in [0.25, 0.3) is 0 Å². The number of pyridine rings is 1. The third kappa shape index (κ3) is 3.28. The lowest BCUT2D eigenvalue weighted by molar-refractivity contribution is -0.118. The number of aromatic nitrogens is 1. The molecule has 4 nitrogen and oxygen atoms in total. The van der Waals surface area contributed by atoms with Gasteiger partial charge < -0.3 is 11.1 Å². The molecular weight excluding hydrogens is 270 g/mol. The van der Waals surface area contributed by atoms with Crippen molar-refractivity contribution in [3.05, 3.63) is 22.4 Å². The van der Waals surface area contributed by atoms with Crippen molar-refractivity contribution >= 4 is 27.5 Å². The molecule has 1 aromatic heterocycles. The molecule has 1 aromatic rings. The molecule has 5 heteroatoms. The Morgan fingerprint density at radius 2 is 2.19 bits per heavy atom. The summed E-state index contributed by atoms with van der Waals surface area (Å²) < 4.78 is 0.777. The maximum absolute atomic E-state index is 11.7. The summed E-state index contributed by atoms with van der Waals surface area (Å²) in [6.07, 6.45) is 1.60. The second-order valence-electron chi connectivity index (χ2n) is 4.09. The van der Waals surface area contributed by atoms with Crippen LogP contribution in [-0.4, -0.2) is 16.9 Å². The Morgan fingerprint density at radius 1 is 1.56 bits per heavy atom. The first-order valence-electron chi connectivity index (χ1n) is 5.10. The monoisotopic (exact) mass is 285 g/mol. The van der Waals surface area contributed by atoms with Gasteiger partial charge in [-0.3, -0.25) is 4.79 Å². The molecule has 0 bridgehead atoms. The minimum Gasteiger partial charge on any atom is -0.323 e. The second-order valence-corrected chi connectivity index (χ2v) is 4.84. The van der Waals surface area contributed by atoms with Gasteiger partial charge in [-0.05, 0) is 40.4 Å². The number of carbonyl (C=O) groups is 1. The van der Waals surface area contributed by atoms with Crippen LogP contribution in [0.2, 0.25) is 0 Å². The molecule has 1 atom stereocenters. The van der Waals surface area contributed by atoms with E-state index in [1.54, 1.807) is 6.20 Å². The molecule has 0 unspecified atom stereocenters. The highest BCUT2D eigenvalue weighted by molar-refractivity contribution is 9.10. The van der Waals surface area contributed by atoms with Crippen molar-refractivity contribution in [3.8, 4) is 0 Å². The molecule has 0 spiro atoms. The topological polar surface area (TPSA) is 68.0 Å². The van der Waals surface area contributed by atoms with Crippen molar-refractivity contribution in [2.75, 3.05) is 5.32 Å². The lowest BCUT2D eigenvalue weighted by Crippen LogP contribution is -2.39. The summed E-state index contributed by atoms with van der Waals surface area (Å²) in [5.41, 5.74) is 7.37. The summed E-state index contributed by atoms with van der Waals surface area (Å²) in [6.45, 7) is 5.74. The van der Waals surface area contributed by atoms with Crippen molar-refractivity contribution < 1.29 is 4.79 Å². The zero-order chi connectivity index (χ0) is 12.3. The van der Waals surface area contributed by atoms with Crippen molar-refractivity contribution in [1.29, 1.82) is 0 Å². The van der Waals surface area contributed by atoms with Crippen LogP contribution in [0.15, 0.2) is 16.9 Å². The molecule has 88 valence electrons. The Balaban J connectivity index is 2.74. The number of aryl methyl sites for hydroxylation is 1. The van der Waals surface area contributed by atoms with Crippen LogP contribution in [0.1, 0.15) is 19.4 Å². The maximum atomic E-state index is 11.7. The zero-order valence-electron chi connectivity index (χ0n) is 9.62. The van der Waals surface area contributed by atoms with Gasteiger partial charge in [0.25, 0.3) is 0 Å². The molecule has 0 saturated carbocycles. The Hall–Kier alpha value is -0.940. The van der Waals surface area contributed by atoms with Gasteiger partial charge in [-0.25, -0.2) is 4.98 Å². The van der Waals surface area contributed by atoms with Crippen LogP contribution in [-0.2, 0) is 4.79 Å². The van der Waals surface area contributed by atoms with Gasteiger partial charge >= 0.3 is 0 Å². The minimum atomic E-state index is -0.496. The number of hydrogen-bond acceptors (Lipinski definition) is 3. The first kappa shape index (κ1) is 13.1. The summed E-state index contributed by atoms with van der Waals surface area (Å²) in [5.74, 6) is -0.0666. The van der Waals surface area contributed by atoms with E-state index in [1.165, 1.54) is 0 Å². The summed E-state index contributed by atoms with van der Waals surface area (Å²) in [5, 5.41) is 2.74. The van der Waals surface area contributed by atoms with E-state index < -0.39 is 6.04 Å². The fourth-order valence-electron chi connectivity index (χ4n) is 1.15. The van der Waals surface area contributed by atoms with Crippen LogP contribution in [0.3, 0.4) is 0 Å². The average Bonchev–Trinajstić information content (AvgIpc) is 2.22. The van der Waals surface area contributed by atoms with Gasteiger partial charge in [-0.2, -0.15) is 0 Å². The summed E-state index contributed by atoms with van der Waals surface area (Å²) in [4.78, 5) is 15.8. The summed E-state index contributed by atoms with van der Waals surface area (Å²) in [6, 6.07) is 1.35. The van der Waals surface area contributed by atoms with Crippen molar-refractivity contribution in [2.24, 2.45) is 11.7 Å². The molecule has 0 aromatic carbocycles. The van der Waals surface area contributed by atoms with E-state index >= 15 is 0 Å². The number of halogens is 1. The lowest BCUT2D eigenvalue weighted by atomic mass is 10.1. The number of amides is 1. The summed E-state index contributed by atoms with van der Waals surface area (Å²) >= 11 is 3.30. The fourth-order valence-corrected chi connectivity index (χ4v) is 1.37. The number of hydrogen-bond donors (Lipinski definition) is 2. The SMILES string of the molecule is Cc1cc(NC(=O)[C@H](N)C(C)C)cnc1Br. The van der Waals surface area contributed by atoms with Crippen LogP contribution in [0, 0.1) is 12.8 Å². The number of nitrogens with zero attached hydrogens (tertiary/aromatic N) is 1. The quantitative estimate of drug-likeness (QED) is 0.836. The molecule has 0 saturated heterocycles. The molecule has 0 aliphatic carbocycles. The molecule has 16 heavy (non-hydrogen) atoms. The van der Waals surface area contributed by atoms with E-state index in [1.807, 2.05) is 26.8 Å². The van der Waals surface area contributed by atoms with Gasteiger partial charge in [0.1, 0.15) is 4.60 Å². The van der Waals surface area contributed by atoms with E-state index in [4.69, 9.17) is 5.73 Å². The highest BCUT2D eigenvalue weighted by Gasteiger charge is 2.17. The Morgan fingerprint density at radius 3 is 2.69 bits per heavy atom. The maximum Gasteiger partial charge on any atom is 0.241 e. The number of nitrogens with two attached hydrogens (primary N) is 1. The van der Waals surface area contributed by atoms with Gasteiger partial charge in [0.05, 0.1) is 17.9 Å². The normalized spacial score (nSPS) is 12.6. The van der Waals surface area contributed by atoms with Crippen molar-refractivity contribution in [3.63, 3.8) is 0 Å². The molecule has 1 heterocycles. The molecule has 3 N–H and O–H groups in total. The molecular formula is C11H16BrN3O. The van der Waals surface area contributed by atoms with E-state index in [0.29, 0.717) is 5.69 Å².